The SMILES string of the molecule is COCCNCC(O)COCCOCC(C)C. The summed E-state index contributed by atoms with van der Waals surface area (Å²) in [6.45, 7) is 8.34. The number of nitrogens with one attached hydrogen (secondary N) is 1. The Morgan fingerprint density at radius 3 is 2.29 bits per heavy atom. The van der Waals surface area contributed by atoms with Gasteiger partial charge in [0.1, 0.15) is 0 Å². The van der Waals surface area contributed by atoms with Crippen molar-refractivity contribution in [1.29, 1.82) is 0 Å². The molecule has 0 fully saturated rings. The van der Waals surface area contributed by atoms with Gasteiger partial charge in [0.05, 0.1) is 32.5 Å². The van der Waals surface area contributed by atoms with Crippen molar-refractivity contribution in [3.8, 4) is 0 Å². The van der Waals surface area contributed by atoms with E-state index in [1.165, 1.54) is 0 Å². The number of hydrogen-bond donors (Lipinski definition) is 2. The molecule has 0 aromatic carbocycles. The van der Waals surface area contributed by atoms with Crippen LogP contribution in [0, 0.1) is 5.92 Å². The predicted molar refractivity (Wildman–Crippen MR) is 67.2 cm³/mol. The van der Waals surface area contributed by atoms with E-state index in [4.69, 9.17) is 14.2 Å². The number of ether oxygens (including phenoxy) is 3. The van der Waals surface area contributed by atoms with Crippen LogP contribution in [-0.2, 0) is 14.2 Å². The molecule has 0 spiro atoms. The van der Waals surface area contributed by atoms with Crippen LogP contribution in [0.1, 0.15) is 13.8 Å². The molecule has 2 N–H and O–H groups in total. The predicted octanol–water partition coefficient (Wildman–Crippen LogP) is 0.273. The summed E-state index contributed by atoms with van der Waals surface area (Å²) >= 11 is 0. The molecule has 5 heteroatoms. The van der Waals surface area contributed by atoms with Gasteiger partial charge < -0.3 is 24.6 Å². The van der Waals surface area contributed by atoms with Crippen LogP contribution in [0.25, 0.3) is 0 Å². The van der Waals surface area contributed by atoms with E-state index in [0.717, 1.165) is 13.2 Å². The van der Waals surface area contributed by atoms with Gasteiger partial charge in [0.25, 0.3) is 0 Å². The van der Waals surface area contributed by atoms with Gasteiger partial charge in [0.15, 0.2) is 0 Å². The monoisotopic (exact) mass is 249 g/mol. The lowest BCUT2D eigenvalue weighted by molar-refractivity contribution is -0.000334. The number of rotatable bonds is 12. The highest BCUT2D eigenvalue weighted by Crippen LogP contribution is 1.92. The van der Waals surface area contributed by atoms with Crippen LogP contribution in [0.4, 0.5) is 0 Å². The van der Waals surface area contributed by atoms with Crippen molar-refractivity contribution in [2.45, 2.75) is 20.0 Å². The first-order chi connectivity index (χ1) is 8.16. The number of hydrogen-bond acceptors (Lipinski definition) is 5. The molecule has 1 unspecified atom stereocenters. The van der Waals surface area contributed by atoms with E-state index >= 15 is 0 Å². The zero-order chi connectivity index (χ0) is 12.9. The largest absolute Gasteiger partial charge is 0.389 e. The van der Waals surface area contributed by atoms with Crippen molar-refractivity contribution in [2.75, 3.05) is 53.2 Å². The van der Waals surface area contributed by atoms with E-state index in [1.807, 2.05) is 0 Å². The molecule has 0 aromatic heterocycles. The molecule has 104 valence electrons. The maximum Gasteiger partial charge on any atom is 0.0897 e. The third kappa shape index (κ3) is 13.7. The van der Waals surface area contributed by atoms with Crippen molar-refractivity contribution in [3.63, 3.8) is 0 Å². The molecule has 0 heterocycles. The molecule has 0 saturated carbocycles. The van der Waals surface area contributed by atoms with E-state index in [2.05, 4.69) is 19.2 Å². The molecule has 0 amide bonds. The fourth-order valence-corrected chi connectivity index (χ4v) is 1.16. The molecular formula is C12H27NO4. The summed E-state index contributed by atoms with van der Waals surface area (Å²) in [6.07, 6.45) is -0.475. The summed E-state index contributed by atoms with van der Waals surface area (Å²) < 4.78 is 15.5. The Bertz CT molecular complexity index is 155. The number of methoxy groups -OCH3 is 1. The summed E-state index contributed by atoms with van der Waals surface area (Å²) in [5.41, 5.74) is 0. The normalized spacial score (nSPS) is 13.2. The molecule has 0 aliphatic rings. The summed E-state index contributed by atoms with van der Waals surface area (Å²) in [5.74, 6) is 0.547. The number of aliphatic hydroxyl groups is 1. The molecule has 0 rings (SSSR count). The second-order valence-electron chi connectivity index (χ2n) is 4.39. The highest BCUT2D eigenvalue weighted by atomic mass is 16.5. The van der Waals surface area contributed by atoms with Crippen molar-refractivity contribution in [2.24, 2.45) is 5.92 Å². The van der Waals surface area contributed by atoms with Gasteiger partial charge >= 0.3 is 0 Å². The quantitative estimate of drug-likeness (QED) is 0.486. The molecule has 17 heavy (non-hydrogen) atoms. The van der Waals surface area contributed by atoms with E-state index in [9.17, 15) is 5.11 Å². The van der Waals surface area contributed by atoms with Gasteiger partial charge in [-0.1, -0.05) is 13.8 Å². The zero-order valence-electron chi connectivity index (χ0n) is 11.3. The van der Waals surface area contributed by atoms with Gasteiger partial charge in [0.2, 0.25) is 0 Å². The molecule has 1 atom stereocenters. The Morgan fingerprint density at radius 2 is 1.71 bits per heavy atom. The van der Waals surface area contributed by atoms with E-state index in [0.29, 0.717) is 38.9 Å². The van der Waals surface area contributed by atoms with Crippen LogP contribution < -0.4 is 5.32 Å². The minimum atomic E-state index is -0.475. The Morgan fingerprint density at radius 1 is 1.06 bits per heavy atom. The van der Waals surface area contributed by atoms with Crippen molar-refractivity contribution < 1.29 is 19.3 Å². The lowest BCUT2D eigenvalue weighted by Crippen LogP contribution is -2.32. The first-order valence-corrected chi connectivity index (χ1v) is 6.20. The van der Waals surface area contributed by atoms with Crippen LogP contribution in [0.2, 0.25) is 0 Å². The summed E-state index contributed by atoms with van der Waals surface area (Å²) in [7, 11) is 1.65. The van der Waals surface area contributed by atoms with E-state index in [-0.39, 0.29) is 0 Å². The Kier molecular flexibility index (Phi) is 12.1. The molecule has 0 aliphatic heterocycles. The van der Waals surface area contributed by atoms with Crippen molar-refractivity contribution >= 4 is 0 Å². The summed E-state index contributed by atoms with van der Waals surface area (Å²) in [5, 5.41) is 12.6. The van der Waals surface area contributed by atoms with Crippen LogP contribution >= 0.6 is 0 Å². The van der Waals surface area contributed by atoms with E-state index in [1.54, 1.807) is 7.11 Å². The van der Waals surface area contributed by atoms with Gasteiger partial charge in [-0.15, -0.1) is 0 Å². The molecule has 0 aliphatic carbocycles. The van der Waals surface area contributed by atoms with Gasteiger partial charge in [0, 0.05) is 26.8 Å². The fraction of sp³-hybridized carbons (Fsp3) is 1.00. The maximum absolute atomic E-state index is 9.52. The van der Waals surface area contributed by atoms with Crippen molar-refractivity contribution in [3.05, 3.63) is 0 Å². The minimum Gasteiger partial charge on any atom is -0.389 e. The molecule has 0 aromatic rings. The van der Waals surface area contributed by atoms with Crippen LogP contribution in [0.15, 0.2) is 0 Å². The highest BCUT2D eigenvalue weighted by Gasteiger charge is 2.03. The van der Waals surface area contributed by atoms with Gasteiger partial charge in [-0.25, -0.2) is 0 Å². The first kappa shape index (κ1) is 16.8. The zero-order valence-corrected chi connectivity index (χ0v) is 11.3. The molecule has 0 saturated heterocycles. The van der Waals surface area contributed by atoms with Crippen molar-refractivity contribution in [1.82, 2.24) is 5.32 Å². The molecule has 0 bridgehead atoms. The molecule has 0 radical (unpaired) electrons. The summed E-state index contributed by atoms with van der Waals surface area (Å²) in [6, 6.07) is 0. The summed E-state index contributed by atoms with van der Waals surface area (Å²) in [4.78, 5) is 0. The Labute approximate surface area is 104 Å². The third-order valence-corrected chi connectivity index (χ3v) is 2.00. The Balaban J connectivity index is 3.13. The second kappa shape index (κ2) is 12.3. The van der Waals surface area contributed by atoms with E-state index < -0.39 is 6.10 Å². The average molecular weight is 249 g/mol. The average Bonchev–Trinajstić information content (AvgIpc) is 2.29. The van der Waals surface area contributed by atoms with Crippen LogP contribution in [0.3, 0.4) is 0 Å². The second-order valence-corrected chi connectivity index (χ2v) is 4.39. The van der Waals surface area contributed by atoms with Crippen LogP contribution in [-0.4, -0.2) is 64.4 Å². The topological polar surface area (TPSA) is 60.0 Å². The van der Waals surface area contributed by atoms with Gasteiger partial charge in [-0.05, 0) is 5.92 Å². The minimum absolute atomic E-state index is 0.338. The number of aliphatic hydroxyl groups excluding tert-OH is 1. The smallest absolute Gasteiger partial charge is 0.0897 e. The molecule has 5 nitrogen and oxygen atoms in total. The van der Waals surface area contributed by atoms with Crippen LogP contribution in [0.5, 0.6) is 0 Å². The lowest BCUT2D eigenvalue weighted by atomic mass is 10.2. The highest BCUT2D eigenvalue weighted by molar-refractivity contribution is 4.57. The fourth-order valence-electron chi connectivity index (χ4n) is 1.16. The van der Waals surface area contributed by atoms with Gasteiger partial charge in [-0.2, -0.15) is 0 Å². The molecular weight excluding hydrogens is 222 g/mol. The standard InChI is InChI=1S/C12H27NO4/c1-11(2)9-16-6-7-17-10-12(14)8-13-4-5-15-3/h11-14H,4-10H2,1-3H3. The Hall–Kier alpha value is -0.200. The first-order valence-electron chi connectivity index (χ1n) is 6.20. The lowest BCUT2D eigenvalue weighted by Gasteiger charge is -2.12. The third-order valence-electron chi connectivity index (χ3n) is 2.00. The van der Waals surface area contributed by atoms with Gasteiger partial charge in [-0.3, -0.25) is 0 Å². The maximum atomic E-state index is 9.52.